The highest BCUT2D eigenvalue weighted by molar-refractivity contribution is 5.87. The number of fused-ring (bicyclic) bond motifs is 1. The molecule has 1 aliphatic heterocycles. The Morgan fingerprint density at radius 1 is 1.15 bits per heavy atom. The lowest BCUT2D eigenvalue weighted by Gasteiger charge is -2.33. The maximum atomic E-state index is 12.4. The molecule has 142 valence electrons. The first kappa shape index (κ1) is 17.6. The number of aryl methyl sites for hydroxylation is 3. The van der Waals surface area contributed by atoms with Gasteiger partial charge in [-0.1, -0.05) is 0 Å². The molecule has 8 nitrogen and oxygen atoms in total. The molecular formula is C19H25N7O. The molecular weight excluding hydrogens is 342 g/mol. The Hall–Kier alpha value is -2.77. The van der Waals surface area contributed by atoms with Crippen LogP contribution in [0.4, 0.5) is 5.82 Å². The van der Waals surface area contributed by atoms with E-state index in [1.807, 2.05) is 34.0 Å². The summed E-state index contributed by atoms with van der Waals surface area (Å²) in [5.74, 6) is 2.19. The van der Waals surface area contributed by atoms with E-state index in [-0.39, 0.29) is 5.56 Å². The van der Waals surface area contributed by atoms with Crippen LogP contribution in [0.1, 0.15) is 29.9 Å². The molecule has 1 saturated heterocycles. The van der Waals surface area contributed by atoms with E-state index >= 15 is 0 Å². The average Bonchev–Trinajstić information content (AvgIpc) is 3.03. The molecule has 0 aliphatic carbocycles. The van der Waals surface area contributed by atoms with Gasteiger partial charge in [0, 0.05) is 37.9 Å². The van der Waals surface area contributed by atoms with Crippen LogP contribution < -0.4 is 10.5 Å². The van der Waals surface area contributed by atoms with E-state index in [0.717, 1.165) is 66.4 Å². The summed E-state index contributed by atoms with van der Waals surface area (Å²) in [6.07, 6.45) is 5.56. The van der Waals surface area contributed by atoms with Crippen molar-refractivity contribution in [3.63, 3.8) is 0 Å². The van der Waals surface area contributed by atoms with Crippen molar-refractivity contribution in [2.75, 3.05) is 18.0 Å². The van der Waals surface area contributed by atoms with Gasteiger partial charge in [0.05, 0.1) is 17.9 Å². The summed E-state index contributed by atoms with van der Waals surface area (Å²) in [7, 11) is 1.90. The fraction of sp³-hybridized carbons (Fsp3) is 0.526. The lowest BCUT2D eigenvalue weighted by Crippen LogP contribution is -2.37. The minimum absolute atomic E-state index is 0.0772. The number of anilines is 1. The molecule has 0 atom stereocenters. The molecule has 3 aromatic rings. The maximum Gasteiger partial charge on any atom is 0.256 e. The van der Waals surface area contributed by atoms with Gasteiger partial charge >= 0.3 is 0 Å². The van der Waals surface area contributed by atoms with E-state index in [0.29, 0.717) is 5.92 Å². The molecule has 0 saturated carbocycles. The lowest BCUT2D eigenvalue weighted by atomic mass is 9.96. The number of aromatic nitrogens is 6. The number of hydrogen-bond acceptors (Lipinski definition) is 6. The highest BCUT2D eigenvalue weighted by Gasteiger charge is 2.23. The molecule has 0 aromatic carbocycles. The molecule has 0 spiro atoms. The van der Waals surface area contributed by atoms with E-state index in [2.05, 4.69) is 25.0 Å². The average molecular weight is 367 g/mol. The lowest BCUT2D eigenvalue weighted by molar-refractivity contribution is 0.349. The molecule has 3 aromatic heterocycles. The second-order valence-electron chi connectivity index (χ2n) is 7.44. The molecule has 4 rings (SSSR count). The topological polar surface area (TPSA) is 81.7 Å². The molecule has 0 unspecified atom stereocenters. The van der Waals surface area contributed by atoms with E-state index < -0.39 is 0 Å². The van der Waals surface area contributed by atoms with Crippen molar-refractivity contribution in [2.45, 2.75) is 40.2 Å². The normalized spacial score (nSPS) is 15.6. The van der Waals surface area contributed by atoms with Crippen molar-refractivity contribution in [1.29, 1.82) is 0 Å². The number of piperidine rings is 1. The summed E-state index contributed by atoms with van der Waals surface area (Å²) in [6, 6.07) is 0. The zero-order valence-electron chi connectivity index (χ0n) is 16.3. The fourth-order valence-electron chi connectivity index (χ4n) is 3.77. The van der Waals surface area contributed by atoms with Gasteiger partial charge in [-0.2, -0.15) is 5.10 Å². The summed E-state index contributed by atoms with van der Waals surface area (Å²) < 4.78 is 3.55. The third-order valence-electron chi connectivity index (χ3n) is 5.57. The summed E-state index contributed by atoms with van der Waals surface area (Å²) in [6.45, 7) is 8.20. The van der Waals surface area contributed by atoms with Crippen LogP contribution in [0.2, 0.25) is 0 Å². The van der Waals surface area contributed by atoms with Crippen molar-refractivity contribution in [1.82, 2.24) is 29.3 Å². The first-order valence-corrected chi connectivity index (χ1v) is 9.38. The van der Waals surface area contributed by atoms with Crippen molar-refractivity contribution in [3.05, 3.63) is 40.0 Å². The molecule has 4 heterocycles. The highest BCUT2D eigenvalue weighted by atomic mass is 16.1. The van der Waals surface area contributed by atoms with Gasteiger partial charge < -0.3 is 4.90 Å². The second-order valence-corrected chi connectivity index (χ2v) is 7.44. The van der Waals surface area contributed by atoms with Gasteiger partial charge in [-0.15, -0.1) is 0 Å². The van der Waals surface area contributed by atoms with Gasteiger partial charge in [0.1, 0.15) is 11.6 Å². The summed E-state index contributed by atoms with van der Waals surface area (Å²) in [5.41, 5.74) is 2.50. The number of hydrogen-bond donors (Lipinski definition) is 0. The molecule has 8 heteroatoms. The maximum absolute atomic E-state index is 12.4. The van der Waals surface area contributed by atoms with Crippen LogP contribution in [0.5, 0.6) is 0 Å². The molecule has 27 heavy (non-hydrogen) atoms. The van der Waals surface area contributed by atoms with Crippen LogP contribution in [-0.2, 0) is 13.6 Å². The summed E-state index contributed by atoms with van der Waals surface area (Å²) in [4.78, 5) is 28.3. The molecule has 0 amide bonds. The standard InChI is InChI=1S/C19H25N7O/c1-12-13(2)20-11-26(19(12)27)10-15-5-7-25(8-6-15)18-16-9-21-24(4)17(16)22-14(3)23-18/h9,11,15H,5-8,10H2,1-4H3. The first-order chi connectivity index (χ1) is 12.9. The van der Waals surface area contributed by atoms with E-state index in [4.69, 9.17) is 0 Å². The van der Waals surface area contributed by atoms with Crippen LogP contribution in [0.15, 0.2) is 17.3 Å². The summed E-state index contributed by atoms with van der Waals surface area (Å²) >= 11 is 0. The Balaban J connectivity index is 1.50. The van der Waals surface area contributed by atoms with Gasteiger partial charge in [-0.25, -0.2) is 15.0 Å². The minimum Gasteiger partial charge on any atom is -0.356 e. The SMILES string of the molecule is Cc1nc(N2CCC(Cn3cnc(C)c(C)c3=O)CC2)c2cnn(C)c2n1. The fourth-order valence-corrected chi connectivity index (χ4v) is 3.77. The minimum atomic E-state index is 0.0772. The van der Waals surface area contributed by atoms with Crippen LogP contribution in [0.25, 0.3) is 11.0 Å². The number of nitrogens with zero attached hydrogens (tertiary/aromatic N) is 7. The smallest absolute Gasteiger partial charge is 0.256 e. The molecule has 1 fully saturated rings. The zero-order chi connectivity index (χ0) is 19.1. The third-order valence-corrected chi connectivity index (χ3v) is 5.57. The van der Waals surface area contributed by atoms with Crippen molar-refractivity contribution >= 4 is 16.9 Å². The van der Waals surface area contributed by atoms with Gasteiger partial charge in [0.15, 0.2) is 5.65 Å². The molecule has 0 radical (unpaired) electrons. The Kier molecular flexibility index (Phi) is 4.41. The first-order valence-electron chi connectivity index (χ1n) is 9.38. The van der Waals surface area contributed by atoms with Crippen LogP contribution >= 0.6 is 0 Å². The van der Waals surface area contributed by atoms with Gasteiger partial charge in [-0.05, 0) is 39.5 Å². The third kappa shape index (κ3) is 3.20. The van der Waals surface area contributed by atoms with Crippen molar-refractivity contribution in [3.8, 4) is 0 Å². The van der Waals surface area contributed by atoms with Crippen LogP contribution in [0.3, 0.4) is 0 Å². The summed E-state index contributed by atoms with van der Waals surface area (Å²) in [5, 5.41) is 5.33. The Morgan fingerprint density at radius 2 is 1.89 bits per heavy atom. The molecule has 0 bridgehead atoms. The predicted octanol–water partition coefficient (Wildman–Crippen LogP) is 1.76. The van der Waals surface area contributed by atoms with Crippen LogP contribution in [-0.4, -0.2) is 42.4 Å². The molecule has 1 aliphatic rings. The zero-order valence-corrected chi connectivity index (χ0v) is 16.3. The van der Waals surface area contributed by atoms with Gasteiger partial charge in [0.2, 0.25) is 0 Å². The van der Waals surface area contributed by atoms with Gasteiger partial charge in [-0.3, -0.25) is 14.0 Å². The highest BCUT2D eigenvalue weighted by Crippen LogP contribution is 2.28. The van der Waals surface area contributed by atoms with E-state index in [9.17, 15) is 4.79 Å². The Labute approximate surface area is 157 Å². The Morgan fingerprint density at radius 3 is 2.63 bits per heavy atom. The van der Waals surface area contributed by atoms with Crippen molar-refractivity contribution in [2.24, 2.45) is 13.0 Å². The predicted molar refractivity (Wildman–Crippen MR) is 104 cm³/mol. The van der Waals surface area contributed by atoms with Crippen LogP contribution in [0, 0.1) is 26.7 Å². The number of rotatable bonds is 3. The second kappa shape index (κ2) is 6.75. The molecule has 0 N–H and O–H groups in total. The van der Waals surface area contributed by atoms with Crippen molar-refractivity contribution < 1.29 is 0 Å². The van der Waals surface area contributed by atoms with E-state index in [1.54, 1.807) is 15.6 Å². The monoisotopic (exact) mass is 367 g/mol. The largest absolute Gasteiger partial charge is 0.356 e. The quantitative estimate of drug-likeness (QED) is 0.702. The Bertz CT molecular complexity index is 1040. The van der Waals surface area contributed by atoms with Gasteiger partial charge in [0.25, 0.3) is 5.56 Å². The van der Waals surface area contributed by atoms with E-state index in [1.165, 1.54) is 0 Å².